The Morgan fingerprint density at radius 1 is 1.24 bits per heavy atom. The van der Waals surface area contributed by atoms with Crippen LogP contribution in [0.2, 0.25) is 0 Å². The molecular weight excluding hydrogens is 237 g/mol. The Labute approximate surface area is 101 Å². The van der Waals surface area contributed by atoms with Gasteiger partial charge < -0.3 is 10.2 Å². The van der Waals surface area contributed by atoms with E-state index in [0.717, 1.165) is 20.7 Å². The van der Waals surface area contributed by atoms with E-state index >= 15 is 0 Å². The van der Waals surface area contributed by atoms with E-state index < -0.39 is 0 Å². The molecule has 0 saturated heterocycles. The van der Waals surface area contributed by atoms with Gasteiger partial charge in [0.15, 0.2) is 0 Å². The third-order valence-electron chi connectivity index (χ3n) is 2.66. The second-order valence-electron chi connectivity index (χ2n) is 3.82. The maximum Gasteiger partial charge on any atom is 0.125 e. The molecule has 17 heavy (non-hydrogen) atoms. The van der Waals surface area contributed by atoms with Gasteiger partial charge >= 0.3 is 0 Å². The van der Waals surface area contributed by atoms with Crippen molar-refractivity contribution >= 4 is 21.4 Å². The Balaban J connectivity index is 2.06. The average molecular weight is 247 g/mol. The number of fused-ring (bicyclic) bond motifs is 1. The van der Waals surface area contributed by atoms with Gasteiger partial charge in [0.25, 0.3) is 0 Å². The fourth-order valence-electron chi connectivity index (χ4n) is 1.79. The molecule has 0 saturated carbocycles. The van der Waals surface area contributed by atoms with Crippen LogP contribution in [0.3, 0.4) is 0 Å². The first-order valence-electron chi connectivity index (χ1n) is 5.22. The monoisotopic (exact) mass is 247 g/mol. The van der Waals surface area contributed by atoms with Gasteiger partial charge in [0.1, 0.15) is 11.6 Å². The smallest absolute Gasteiger partial charge is 0.125 e. The normalized spacial score (nSPS) is 13.1. The van der Waals surface area contributed by atoms with Crippen LogP contribution in [0.15, 0.2) is 47.1 Å². The molecule has 0 aliphatic carbocycles. The zero-order valence-electron chi connectivity index (χ0n) is 8.89. The van der Waals surface area contributed by atoms with Crippen molar-refractivity contribution in [2.75, 3.05) is 0 Å². The van der Waals surface area contributed by atoms with Gasteiger partial charge in [0.2, 0.25) is 0 Å². The summed E-state index contributed by atoms with van der Waals surface area (Å²) < 4.78 is 19.3. The Hall–Kier alpha value is -1.65. The van der Waals surface area contributed by atoms with Crippen LogP contribution in [0.25, 0.3) is 10.1 Å². The molecule has 0 aliphatic heterocycles. The van der Waals surface area contributed by atoms with Crippen molar-refractivity contribution < 1.29 is 8.81 Å². The van der Waals surface area contributed by atoms with Crippen molar-refractivity contribution in [2.45, 2.75) is 6.04 Å². The zero-order valence-corrected chi connectivity index (χ0v) is 9.71. The summed E-state index contributed by atoms with van der Waals surface area (Å²) in [7, 11) is 0. The first-order valence-corrected chi connectivity index (χ1v) is 6.03. The molecular formula is C13H10FNOS. The van der Waals surface area contributed by atoms with E-state index in [0.29, 0.717) is 0 Å². The standard InChI is InChI=1S/C13H10FNOS/c14-9-4-3-8-6-12(17-11(8)7-9)13(15)10-2-1-5-16-10/h1-7,13H,15H2. The van der Waals surface area contributed by atoms with Crippen molar-refractivity contribution in [1.82, 2.24) is 0 Å². The van der Waals surface area contributed by atoms with Gasteiger partial charge in [-0.05, 0) is 35.7 Å². The molecule has 2 aromatic heterocycles. The number of nitrogens with two attached hydrogens (primary N) is 1. The number of halogens is 1. The van der Waals surface area contributed by atoms with Crippen LogP contribution >= 0.6 is 11.3 Å². The highest BCUT2D eigenvalue weighted by Gasteiger charge is 2.14. The number of hydrogen-bond acceptors (Lipinski definition) is 3. The summed E-state index contributed by atoms with van der Waals surface area (Å²) in [4.78, 5) is 0.973. The molecule has 0 bridgehead atoms. The van der Waals surface area contributed by atoms with Gasteiger partial charge in [-0.1, -0.05) is 6.07 Å². The van der Waals surface area contributed by atoms with Crippen LogP contribution in [0.1, 0.15) is 16.7 Å². The third-order valence-corrected chi connectivity index (χ3v) is 3.84. The fourth-order valence-corrected chi connectivity index (χ4v) is 2.89. The maximum absolute atomic E-state index is 13.1. The highest BCUT2D eigenvalue weighted by Crippen LogP contribution is 2.32. The van der Waals surface area contributed by atoms with Gasteiger partial charge in [0, 0.05) is 9.58 Å². The van der Waals surface area contributed by atoms with Crippen LogP contribution in [0.4, 0.5) is 4.39 Å². The third kappa shape index (κ3) is 1.85. The summed E-state index contributed by atoms with van der Waals surface area (Å²) in [5.74, 6) is 0.495. The topological polar surface area (TPSA) is 39.2 Å². The number of thiophene rings is 1. The lowest BCUT2D eigenvalue weighted by molar-refractivity contribution is 0.492. The predicted molar refractivity (Wildman–Crippen MR) is 66.5 cm³/mol. The molecule has 1 aromatic carbocycles. The van der Waals surface area contributed by atoms with Crippen molar-refractivity contribution in [3.05, 3.63) is 59.1 Å². The number of hydrogen-bond donors (Lipinski definition) is 1. The van der Waals surface area contributed by atoms with Gasteiger partial charge in [-0.2, -0.15) is 0 Å². The molecule has 1 atom stereocenters. The molecule has 2 nitrogen and oxygen atoms in total. The lowest BCUT2D eigenvalue weighted by atomic mass is 10.2. The van der Waals surface area contributed by atoms with Gasteiger partial charge in [-0.25, -0.2) is 4.39 Å². The highest BCUT2D eigenvalue weighted by molar-refractivity contribution is 7.19. The number of benzene rings is 1. The summed E-state index contributed by atoms with van der Waals surface area (Å²) in [6.45, 7) is 0. The van der Waals surface area contributed by atoms with Crippen LogP contribution in [-0.2, 0) is 0 Å². The van der Waals surface area contributed by atoms with Crippen LogP contribution in [0, 0.1) is 5.82 Å². The number of rotatable bonds is 2. The van der Waals surface area contributed by atoms with E-state index in [1.807, 2.05) is 18.2 Å². The first-order chi connectivity index (χ1) is 8.24. The van der Waals surface area contributed by atoms with Crippen LogP contribution in [0.5, 0.6) is 0 Å². The Morgan fingerprint density at radius 3 is 2.88 bits per heavy atom. The molecule has 0 fully saturated rings. The molecule has 3 rings (SSSR count). The predicted octanol–water partition coefficient (Wildman–Crippen LogP) is 3.68. The second kappa shape index (κ2) is 3.98. The summed E-state index contributed by atoms with van der Waals surface area (Å²) in [5, 5.41) is 1.01. The van der Waals surface area contributed by atoms with E-state index in [9.17, 15) is 4.39 Å². The maximum atomic E-state index is 13.1. The Morgan fingerprint density at radius 2 is 2.12 bits per heavy atom. The average Bonchev–Trinajstić information content (AvgIpc) is 2.96. The van der Waals surface area contributed by atoms with Crippen molar-refractivity contribution in [3.8, 4) is 0 Å². The molecule has 86 valence electrons. The molecule has 1 unspecified atom stereocenters. The van der Waals surface area contributed by atoms with E-state index in [1.54, 1.807) is 12.3 Å². The molecule has 2 heterocycles. The summed E-state index contributed by atoms with van der Waals surface area (Å²) in [6.07, 6.45) is 1.60. The Bertz CT molecular complexity index is 645. The minimum atomic E-state index is -0.287. The lowest BCUT2D eigenvalue weighted by Gasteiger charge is -2.04. The second-order valence-corrected chi connectivity index (χ2v) is 4.94. The summed E-state index contributed by atoms with van der Waals surface area (Å²) in [5.41, 5.74) is 6.09. The molecule has 0 spiro atoms. The molecule has 0 aliphatic rings. The first kappa shape index (κ1) is 10.5. The quantitative estimate of drug-likeness (QED) is 0.750. The largest absolute Gasteiger partial charge is 0.467 e. The van der Waals surface area contributed by atoms with Crippen molar-refractivity contribution in [1.29, 1.82) is 0 Å². The van der Waals surface area contributed by atoms with E-state index in [-0.39, 0.29) is 11.9 Å². The van der Waals surface area contributed by atoms with Gasteiger partial charge in [0.05, 0.1) is 12.3 Å². The zero-order chi connectivity index (χ0) is 11.8. The molecule has 3 aromatic rings. The molecule has 0 radical (unpaired) electrons. The van der Waals surface area contributed by atoms with Gasteiger partial charge in [-0.3, -0.25) is 0 Å². The van der Waals surface area contributed by atoms with Crippen molar-refractivity contribution in [3.63, 3.8) is 0 Å². The van der Waals surface area contributed by atoms with Crippen molar-refractivity contribution in [2.24, 2.45) is 5.73 Å². The Kier molecular flexibility index (Phi) is 2.46. The fraction of sp³-hybridized carbons (Fsp3) is 0.0769. The minimum Gasteiger partial charge on any atom is -0.467 e. The minimum absolute atomic E-state index is 0.225. The summed E-state index contributed by atoms with van der Waals surface area (Å²) in [6, 6.07) is 10.1. The molecule has 4 heteroatoms. The lowest BCUT2D eigenvalue weighted by Crippen LogP contribution is -2.08. The molecule has 2 N–H and O–H groups in total. The van der Waals surface area contributed by atoms with E-state index in [2.05, 4.69) is 0 Å². The number of furan rings is 1. The van der Waals surface area contributed by atoms with Gasteiger partial charge in [-0.15, -0.1) is 11.3 Å². The highest BCUT2D eigenvalue weighted by atomic mass is 32.1. The van der Waals surface area contributed by atoms with Crippen LogP contribution < -0.4 is 5.73 Å². The summed E-state index contributed by atoms with van der Waals surface area (Å²) >= 11 is 1.49. The van der Waals surface area contributed by atoms with E-state index in [4.69, 9.17) is 10.2 Å². The van der Waals surface area contributed by atoms with E-state index in [1.165, 1.54) is 23.5 Å². The molecule has 0 amide bonds. The SMILES string of the molecule is NC(c1ccco1)c1cc2ccc(F)cc2s1. The van der Waals surface area contributed by atoms with Crippen LogP contribution in [-0.4, -0.2) is 0 Å².